The van der Waals surface area contributed by atoms with Crippen LogP contribution in [0.3, 0.4) is 0 Å². The lowest BCUT2D eigenvalue weighted by Crippen LogP contribution is -2.65. The Bertz CT molecular complexity index is 1770. The number of aromatic nitrogens is 1. The summed E-state index contributed by atoms with van der Waals surface area (Å²) in [5.74, 6) is -2.76. The third kappa shape index (κ3) is 11.4. The van der Waals surface area contributed by atoms with Crippen LogP contribution >= 0.6 is 11.3 Å². The fraction of sp³-hybridized carbons (Fsp3) is 0.610. The largest absolute Gasteiger partial charge is 0.411 e. The first kappa shape index (κ1) is 44.8. The summed E-state index contributed by atoms with van der Waals surface area (Å²) in [7, 11) is 0. The molecule has 1 saturated heterocycles. The number of amides is 5. The Balaban J connectivity index is 1.75. The lowest BCUT2D eigenvalue weighted by molar-refractivity contribution is -0.140. The Kier molecular flexibility index (Phi) is 15.0. The molecule has 15 nitrogen and oxygen atoms in total. The van der Waals surface area contributed by atoms with E-state index in [1.54, 1.807) is 11.6 Å². The Morgan fingerprint density at radius 2 is 1.70 bits per heavy atom. The van der Waals surface area contributed by atoms with E-state index in [1.807, 2.05) is 99.6 Å². The lowest BCUT2D eigenvalue weighted by atomic mass is 9.82. The van der Waals surface area contributed by atoms with Crippen LogP contribution in [-0.2, 0) is 24.0 Å². The molecule has 4 rings (SSSR count). The van der Waals surface area contributed by atoms with Crippen LogP contribution in [0.1, 0.15) is 105 Å². The lowest BCUT2D eigenvalue weighted by Gasteiger charge is -2.39. The van der Waals surface area contributed by atoms with Crippen molar-refractivity contribution in [2.75, 3.05) is 13.1 Å². The number of nitrogens with one attached hydrogen (secondary N) is 5. The number of nitrogens with zero attached hydrogens (tertiary/aromatic N) is 4. The summed E-state index contributed by atoms with van der Waals surface area (Å²) in [4.78, 5) is 81.3. The fourth-order valence-electron chi connectivity index (χ4n) is 7.26. The second kappa shape index (κ2) is 19.1. The van der Waals surface area contributed by atoms with Gasteiger partial charge < -0.3 is 36.7 Å². The van der Waals surface area contributed by atoms with Gasteiger partial charge in [0, 0.05) is 36.7 Å². The predicted octanol–water partition coefficient (Wildman–Crippen LogP) is 3.76. The Labute approximate surface area is 340 Å². The molecular formula is C41H61N9O6S. The minimum absolute atomic E-state index is 0.117. The van der Waals surface area contributed by atoms with Crippen LogP contribution in [0.25, 0.3) is 0 Å². The van der Waals surface area contributed by atoms with Gasteiger partial charge in [-0.15, -0.1) is 16.5 Å². The summed E-state index contributed by atoms with van der Waals surface area (Å²) in [6, 6.07) is 4.20. The summed E-state index contributed by atoms with van der Waals surface area (Å²) in [6.45, 7) is 18.9. The molecule has 2 aliphatic rings. The van der Waals surface area contributed by atoms with Gasteiger partial charge in [-0.25, -0.2) is 4.98 Å². The molecule has 0 radical (unpaired) electrons. The molecule has 16 heteroatoms. The number of oxime groups is 1. The number of fused-ring (bicyclic) bond motifs is 1. The number of hydrogen-bond donors (Lipinski definition) is 6. The average Bonchev–Trinajstić information content (AvgIpc) is 3.82. The molecule has 312 valence electrons. The maximum absolute atomic E-state index is 14.7. The molecular weight excluding hydrogens is 747 g/mol. The van der Waals surface area contributed by atoms with Crippen molar-refractivity contribution in [1.29, 1.82) is 0 Å². The van der Waals surface area contributed by atoms with Gasteiger partial charge in [-0.3, -0.25) is 29.0 Å². The van der Waals surface area contributed by atoms with Gasteiger partial charge in [-0.2, -0.15) is 0 Å². The summed E-state index contributed by atoms with van der Waals surface area (Å²) in [5.41, 5.74) is -0.647. The average molecular weight is 808 g/mol. The van der Waals surface area contributed by atoms with Crippen molar-refractivity contribution in [1.82, 2.24) is 36.5 Å². The van der Waals surface area contributed by atoms with Gasteiger partial charge in [-0.1, -0.05) is 99.6 Å². The van der Waals surface area contributed by atoms with Crippen molar-refractivity contribution in [3.8, 4) is 0 Å². The van der Waals surface area contributed by atoms with Crippen LogP contribution < -0.4 is 26.6 Å². The summed E-state index contributed by atoms with van der Waals surface area (Å²) in [6.07, 6.45) is 3.69. The highest BCUT2D eigenvalue weighted by atomic mass is 32.1. The van der Waals surface area contributed by atoms with Crippen LogP contribution in [0, 0.1) is 22.7 Å². The molecule has 0 aliphatic carbocycles. The van der Waals surface area contributed by atoms with Crippen LogP contribution in [-0.4, -0.2) is 100.0 Å². The van der Waals surface area contributed by atoms with E-state index >= 15 is 0 Å². The number of benzene rings is 1. The molecule has 2 aromatic rings. The van der Waals surface area contributed by atoms with Gasteiger partial charge in [0.15, 0.2) is 0 Å². The monoisotopic (exact) mass is 807 g/mol. The van der Waals surface area contributed by atoms with Crippen LogP contribution in [0.5, 0.6) is 0 Å². The number of aliphatic imine (C=N–C) groups is 1. The maximum atomic E-state index is 14.7. The number of carbonyl (C=O) groups is 5. The molecule has 8 atom stereocenters. The first-order chi connectivity index (χ1) is 26.7. The normalized spacial score (nSPS) is 23.2. The summed E-state index contributed by atoms with van der Waals surface area (Å²) in [5, 5.41) is 30.1. The van der Waals surface area contributed by atoms with Gasteiger partial charge in [0.25, 0.3) is 0 Å². The topological polar surface area (TPSA) is 207 Å². The van der Waals surface area contributed by atoms with Crippen LogP contribution in [0.15, 0.2) is 52.1 Å². The molecule has 1 aromatic heterocycles. The van der Waals surface area contributed by atoms with E-state index in [0.29, 0.717) is 18.0 Å². The highest BCUT2D eigenvalue weighted by molar-refractivity contribution is 7.09. The van der Waals surface area contributed by atoms with Gasteiger partial charge in [0.1, 0.15) is 41.6 Å². The number of hydrogen-bond acceptors (Lipinski definition) is 11. The van der Waals surface area contributed by atoms with E-state index in [-0.39, 0.29) is 42.5 Å². The SMILES string of the molecule is CC(C)[C@@H]1NC(=O)[C@@H]2[C@H](C)CCN2C(=O)CN=C(NC(C(=O)NC(C(=O)N[C@H](C/C=N/O)c2nccs2)[C@@H](C)c2ccccc2)C(C)(C)C)C(C(C)(C)C)NC1=O. The quantitative estimate of drug-likeness (QED) is 0.112. The molecule has 1 aromatic carbocycles. The molecule has 57 heavy (non-hydrogen) atoms. The first-order valence-electron chi connectivity index (χ1n) is 19.7. The second-order valence-electron chi connectivity index (χ2n) is 17.6. The van der Waals surface area contributed by atoms with Crippen LogP contribution in [0.4, 0.5) is 0 Å². The zero-order valence-corrected chi connectivity index (χ0v) is 35.6. The Hall–Kier alpha value is -4.86. The first-order valence-corrected chi connectivity index (χ1v) is 20.5. The molecule has 0 spiro atoms. The number of amidine groups is 1. The molecule has 3 heterocycles. The van der Waals surface area contributed by atoms with E-state index in [0.717, 1.165) is 5.56 Å². The van der Waals surface area contributed by atoms with E-state index in [2.05, 4.69) is 36.7 Å². The maximum Gasteiger partial charge on any atom is 0.244 e. The predicted molar refractivity (Wildman–Crippen MR) is 221 cm³/mol. The van der Waals surface area contributed by atoms with E-state index < -0.39 is 70.7 Å². The zero-order chi connectivity index (χ0) is 42.2. The minimum Gasteiger partial charge on any atom is -0.411 e. The van der Waals surface area contributed by atoms with Crippen molar-refractivity contribution in [3.63, 3.8) is 0 Å². The third-order valence-corrected chi connectivity index (χ3v) is 11.6. The van der Waals surface area contributed by atoms with Gasteiger partial charge in [-0.05, 0) is 34.7 Å². The van der Waals surface area contributed by atoms with Crippen molar-refractivity contribution >= 4 is 52.9 Å². The molecule has 1 fully saturated rings. The molecule has 5 amide bonds. The van der Waals surface area contributed by atoms with E-state index in [4.69, 9.17) is 4.99 Å². The fourth-order valence-corrected chi connectivity index (χ4v) is 7.96. The van der Waals surface area contributed by atoms with Gasteiger partial charge in [0.2, 0.25) is 29.5 Å². The Morgan fingerprint density at radius 1 is 1.02 bits per heavy atom. The second-order valence-corrected chi connectivity index (χ2v) is 18.6. The smallest absolute Gasteiger partial charge is 0.244 e. The minimum atomic E-state index is -1.07. The van der Waals surface area contributed by atoms with E-state index in [1.165, 1.54) is 22.5 Å². The molecule has 0 bridgehead atoms. The molecule has 0 saturated carbocycles. The molecule has 2 aliphatic heterocycles. The van der Waals surface area contributed by atoms with Crippen molar-refractivity contribution in [3.05, 3.63) is 52.5 Å². The summed E-state index contributed by atoms with van der Waals surface area (Å²) >= 11 is 1.34. The number of thiazole rings is 1. The van der Waals surface area contributed by atoms with Crippen molar-refractivity contribution < 1.29 is 29.2 Å². The highest BCUT2D eigenvalue weighted by Gasteiger charge is 2.44. The van der Waals surface area contributed by atoms with Gasteiger partial charge >= 0.3 is 0 Å². The molecule has 6 N–H and O–H groups in total. The van der Waals surface area contributed by atoms with Crippen LogP contribution in [0.2, 0.25) is 0 Å². The van der Waals surface area contributed by atoms with Crippen molar-refractivity contribution in [2.45, 2.75) is 124 Å². The van der Waals surface area contributed by atoms with Crippen molar-refractivity contribution in [2.24, 2.45) is 32.8 Å². The Morgan fingerprint density at radius 3 is 2.28 bits per heavy atom. The molecule has 3 unspecified atom stereocenters. The summed E-state index contributed by atoms with van der Waals surface area (Å²) < 4.78 is 0. The van der Waals surface area contributed by atoms with Gasteiger partial charge in [0.05, 0.1) is 12.1 Å². The zero-order valence-electron chi connectivity index (χ0n) is 34.8. The standard InChI is InChI=1S/C41H61N9O6S/c1-23(2)29-35(52)49-32(40(5,6)7)34(43-22-28(51)50-20-17-24(3)31(50)37(54)46-29)48-33(41(8,9)10)38(55)47-30(25(4)26-14-12-11-13-15-26)36(53)45-27(16-18-44-56)39-42-19-21-57-39/h11-15,18-19,21,23-25,27,29-33,56H,16-17,20,22H2,1-10H3,(H,43,48)(H,45,53)(H,46,54)(H,47,55)(H,49,52)/b44-18+/t24-,25+,27-,29+,30?,31+,32?,33?/m1/s1. The highest BCUT2D eigenvalue weighted by Crippen LogP contribution is 2.29. The third-order valence-electron chi connectivity index (χ3n) is 10.7. The number of rotatable bonds is 11. The van der Waals surface area contributed by atoms with E-state index in [9.17, 15) is 29.2 Å². The number of carbonyl (C=O) groups excluding carboxylic acids is 5.